The van der Waals surface area contributed by atoms with Crippen molar-refractivity contribution in [2.75, 3.05) is 0 Å². The minimum Gasteiger partial charge on any atom is -0.192 e. The number of rotatable bonds is 4. The summed E-state index contributed by atoms with van der Waals surface area (Å²) in [5.74, 6) is 1.92. The van der Waals surface area contributed by atoms with E-state index in [1.54, 1.807) is 6.08 Å². The zero-order chi connectivity index (χ0) is 12.3. The molecular weight excluding hydrogens is 206 g/mol. The summed E-state index contributed by atoms with van der Waals surface area (Å²) in [5.41, 5.74) is 1.28. The van der Waals surface area contributed by atoms with Gasteiger partial charge in [-0.1, -0.05) is 38.2 Å². The Balaban J connectivity index is 1.84. The Labute approximate surface area is 105 Å². The number of hydrogen-bond donors (Lipinski definition) is 0. The standard InChI is InChI=1S/C16H21N/c1-3-14(12-17)6-4-5-8-16-9-7-13(2)10-15(16)11-16/h3-6,13,15H,1,7-11H2,2H3/b5-4-,14-6+/t13-,15?,16+/m1/s1. The molecule has 0 N–H and O–H groups in total. The summed E-state index contributed by atoms with van der Waals surface area (Å²) in [6.45, 7) is 5.99. The summed E-state index contributed by atoms with van der Waals surface area (Å²) in [6, 6.07) is 2.11. The van der Waals surface area contributed by atoms with Gasteiger partial charge in [0, 0.05) is 0 Å². The van der Waals surface area contributed by atoms with Gasteiger partial charge in [0.05, 0.1) is 11.6 Å². The van der Waals surface area contributed by atoms with Crippen LogP contribution in [0.1, 0.15) is 39.0 Å². The molecule has 0 amide bonds. The molecule has 90 valence electrons. The molecule has 0 aromatic heterocycles. The van der Waals surface area contributed by atoms with Gasteiger partial charge in [-0.2, -0.15) is 5.26 Å². The first kappa shape index (κ1) is 12.2. The maximum absolute atomic E-state index is 8.74. The molecule has 0 saturated heterocycles. The molecule has 0 aromatic carbocycles. The molecule has 1 unspecified atom stereocenters. The van der Waals surface area contributed by atoms with Gasteiger partial charge in [-0.25, -0.2) is 0 Å². The van der Waals surface area contributed by atoms with E-state index in [4.69, 9.17) is 5.26 Å². The highest BCUT2D eigenvalue weighted by atomic mass is 14.6. The van der Waals surface area contributed by atoms with E-state index >= 15 is 0 Å². The lowest BCUT2D eigenvalue weighted by Gasteiger charge is -2.24. The Kier molecular flexibility index (Phi) is 3.52. The molecule has 0 spiro atoms. The van der Waals surface area contributed by atoms with Crippen molar-refractivity contribution < 1.29 is 0 Å². The molecule has 2 aliphatic carbocycles. The fourth-order valence-corrected chi connectivity index (χ4v) is 3.19. The highest BCUT2D eigenvalue weighted by molar-refractivity contribution is 5.34. The van der Waals surface area contributed by atoms with Crippen molar-refractivity contribution in [3.05, 3.63) is 36.5 Å². The predicted molar refractivity (Wildman–Crippen MR) is 71.2 cm³/mol. The molecule has 0 aliphatic heterocycles. The maximum atomic E-state index is 8.74. The van der Waals surface area contributed by atoms with Crippen molar-refractivity contribution >= 4 is 0 Å². The molecule has 1 nitrogen and oxygen atoms in total. The van der Waals surface area contributed by atoms with Crippen molar-refractivity contribution in [1.82, 2.24) is 0 Å². The van der Waals surface area contributed by atoms with Crippen LogP contribution in [0.2, 0.25) is 0 Å². The highest BCUT2D eigenvalue weighted by Gasteiger charge is 2.54. The van der Waals surface area contributed by atoms with Crippen molar-refractivity contribution in [1.29, 1.82) is 5.26 Å². The van der Waals surface area contributed by atoms with E-state index in [9.17, 15) is 0 Å². The third kappa shape index (κ3) is 2.69. The summed E-state index contributed by atoms with van der Waals surface area (Å²) in [5, 5.41) is 8.74. The predicted octanol–water partition coefficient (Wildman–Crippen LogP) is 4.39. The van der Waals surface area contributed by atoms with Gasteiger partial charge in [-0.05, 0) is 49.0 Å². The monoisotopic (exact) mass is 227 g/mol. The summed E-state index contributed by atoms with van der Waals surface area (Å²) >= 11 is 0. The van der Waals surface area contributed by atoms with E-state index < -0.39 is 0 Å². The van der Waals surface area contributed by atoms with E-state index in [1.165, 1.54) is 32.1 Å². The van der Waals surface area contributed by atoms with Crippen molar-refractivity contribution in [3.63, 3.8) is 0 Å². The third-order valence-corrected chi connectivity index (χ3v) is 4.47. The number of nitriles is 1. The zero-order valence-electron chi connectivity index (χ0n) is 10.7. The van der Waals surface area contributed by atoms with E-state index in [2.05, 4.69) is 25.6 Å². The van der Waals surface area contributed by atoms with E-state index in [0.29, 0.717) is 11.0 Å². The van der Waals surface area contributed by atoms with Crippen LogP contribution in [0.4, 0.5) is 0 Å². The first-order valence-corrected chi connectivity index (χ1v) is 6.59. The van der Waals surface area contributed by atoms with Crippen LogP contribution in [-0.4, -0.2) is 0 Å². The van der Waals surface area contributed by atoms with Gasteiger partial charge in [-0.3, -0.25) is 0 Å². The summed E-state index contributed by atoms with van der Waals surface area (Å²) in [7, 11) is 0. The van der Waals surface area contributed by atoms with Gasteiger partial charge in [0.15, 0.2) is 0 Å². The van der Waals surface area contributed by atoms with Crippen LogP contribution in [0, 0.1) is 28.6 Å². The molecule has 0 aromatic rings. The molecule has 2 fully saturated rings. The van der Waals surface area contributed by atoms with Gasteiger partial charge in [0.1, 0.15) is 0 Å². The Hall–Kier alpha value is -1.29. The Bertz CT molecular complexity index is 396. The molecule has 2 saturated carbocycles. The SMILES string of the molecule is C=C/C(C#N)=C\C=C/C[C@@]12CC[C@@H](C)CC1C2. The van der Waals surface area contributed by atoms with Crippen LogP contribution in [-0.2, 0) is 0 Å². The average molecular weight is 227 g/mol. The molecule has 3 atom stereocenters. The lowest BCUT2D eigenvalue weighted by Crippen LogP contribution is -2.13. The molecule has 0 heterocycles. The largest absolute Gasteiger partial charge is 0.192 e. The fourth-order valence-electron chi connectivity index (χ4n) is 3.19. The van der Waals surface area contributed by atoms with E-state index in [-0.39, 0.29) is 0 Å². The second-order valence-corrected chi connectivity index (χ2v) is 5.71. The fraction of sp³-hybridized carbons (Fsp3) is 0.562. The number of hydrogen-bond acceptors (Lipinski definition) is 1. The second-order valence-electron chi connectivity index (χ2n) is 5.71. The van der Waals surface area contributed by atoms with Crippen LogP contribution in [0.5, 0.6) is 0 Å². The summed E-state index contributed by atoms with van der Waals surface area (Å²) in [4.78, 5) is 0. The van der Waals surface area contributed by atoms with Gasteiger partial charge in [0.25, 0.3) is 0 Å². The van der Waals surface area contributed by atoms with Crippen LogP contribution in [0.3, 0.4) is 0 Å². The maximum Gasteiger partial charge on any atom is 0.0991 e. The van der Waals surface area contributed by atoms with Gasteiger partial charge >= 0.3 is 0 Å². The first-order chi connectivity index (χ1) is 8.20. The molecule has 2 aliphatic rings. The Morgan fingerprint density at radius 2 is 2.41 bits per heavy atom. The number of allylic oxidation sites excluding steroid dienone is 5. The van der Waals surface area contributed by atoms with Crippen molar-refractivity contribution in [2.24, 2.45) is 17.3 Å². The number of nitrogens with zero attached hydrogens (tertiary/aromatic N) is 1. The first-order valence-electron chi connectivity index (χ1n) is 6.59. The van der Waals surface area contributed by atoms with E-state index in [0.717, 1.165) is 11.8 Å². The van der Waals surface area contributed by atoms with Crippen LogP contribution < -0.4 is 0 Å². The quantitative estimate of drug-likeness (QED) is 0.516. The van der Waals surface area contributed by atoms with Gasteiger partial charge < -0.3 is 0 Å². The summed E-state index contributed by atoms with van der Waals surface area (Å²) in [6.07, 6.45) is 14.6. The molecule has 0 radical (unpaired) electrons. The normalized spacial score (nSPS) is 36.4. The molecule has 0 bridgehead atoms. The Morgan fingerprint density at radius 1 is 1.59 bits per heavy atom. The third-order valence-electron chi connectivity index (χ3n) is 4.47. The topological polar surface area (TPSA) is 23.8 Å². The second kappa shape index (κ2) is 4.92. The van der Waals surface area contributed by atoms with Gasteiger partial charge in [0.2, 0.25) is 0 Å². The molecular formula is C16H21N. The van der Waals surface area contributed by atoms with Crippen LogP contribution in [0.25, 0.3) is 0 Å². The minimum absolute atomic E-state index is 0.637. The lowest BCUT2D eigenvalue weighted by molar-refractivity contribution is 0.278. The molecule has 1 heteroatoms. The van der Waals surface area contributed by atoms with E-state index in [1.807, 2.05) is 12.2 Å². The minimum atomic E-state index is 0.637. The summed E-state index contributed by atoms with van der Waals surface area (Å²) < 4.78 is 0. The van der Waals surface area contributed by atoms with Gasteiger partial charge in [-0.15, -0.1) is 0 Å². The Morgan fingerprint density at radius 3 is 3.06 bits per heavy atom. The van der Waals surface area contributed by atoms with Crippen LogP contribution >= 0.6 is 0 Å². The zero-order valence-corrected chi connectivity index (χ0v) is 10.7. The average Bonchev–Trinajstić information content (AvgIpc) is 3.03. The highest BCUT2D eigenvalue weighted by Crippen LogP contribution is 2.64. The lowest BCUT2D eigenvalue weighted by atomic mass is 9.81. The molecule has 2 rings (SSSR count). The smallest absolute Gasteiger partial charge is 0.0991 e. The molecule has 17 heavy (non-hydrogen) atoms. The number of fused-ring (bicyclic) bond motifs is 1. The van der Waals surface area contributed by atoms with Crippen LogP contribution in [0.15, 0.2) is 36.5 Å². The van der Waals surface area contributed by atoms with Crippen molar-refractivity contribution in [3.8, 4) is 6.07 Å². The van der Waals surface area contributed by atoms with Crippen molar-refractivity contribution in [2.45, 2.75) is 39.0 Å².